The van der Waals surface area contributed by atoms with Gasteiger partial charge in [-0.2, -0.15) is 0 Å². The fraction of sp³-hybridized carbons (Fsp3) is 0.318. The average molecular weight is 495 g/mol. The summed E-state index contributed by atoms with van der Waals surface area (Å²) in [5.74, 6) is 0.372. The molecule has 4 heterocycles. The van der Waals surface area contributed by atoms with Crippen molar-refractivity contribution in [3.05, 3.63) is 52.5 Å². The molecule has 0 atom stereocenters. The third-order valence-corrected chi connectivity index (χ3v) is 6.68. The van der Waals surface area contributed by atoms with Gasteiger partial charge in [-0.15, -0.1) is 0 Å². The maximum atomic E-state index is 13.1. The third kappa shape index (κ3) is 4.41. The van der Waals surface area contributed by atoms with Crippen LogP contribution in [-0.4, -0.2) is 54.3 Å². The summed E-state index contributed by atoms with van der Waals surface area (Å²) in [5.41, 5.74) is 2.11. The van der Waals surface area contributed by atoms with E-state index in [-0.39, 0.29) is 40.6 Å². The molecule has 180 valence electrons. The Labute approximate surface area is 200 Å². The van der Waals surface area contributed by atoms with Crippen molar-refractivity contribution < 1.29 is 13.5 Å². The number of nitrogens with one attached hydrogen (secondary N) is 1. The minimum absolute atomic E-state index is 0.0222. The molecule has 1 aliphatic carbocycles. The van der Waals surface area contributed by atoms with E-state index in [9.17, 15) is 18.3 Å². The van der Waals surface area contributed by atoms with Gasteiger partial charge in [0.2, 0.25) is 5.88 Å². The lowest BCUT2D eigenvalue weighted by Gasteiger charge is -2.13. The quantitative estimate of drug-likeness (QED) is 0.383. The van der Waals surface area contributed by atoms with E-state index in [2.05, 4.69) is 35.2 Å². The molecule has 0 radical (unpaired) electrons. The second kappa shape index (κ2) is 8.65. The maximum absolute atomic E-state index is 13.1. The van der Waals surface area contributed by atoms with Crippen molar-refractivity contribution in [3.63, 3.8) is 0 Å². The molecule has 0 spiro atoms. The van der Waals surface area contributed by atoms with Crippen LogP contribution in [0.15, 0.2) is 40.7 Å². The van der Waals surface area contributed by atoms with E-state index < -0.39 is 9.84 Å². The Kier molecular flexibility index (Phi) is 5.63. The minimum Gasteiger partial charge on any atom is -0.493 e. The summed E-state index contributed by atoms with van der Waals surface area (Å²) in [5, 5.41) is 13.4. The van der Waals surface area contributed by atoms with Crippen LogP contribution < -0.4 is 10.9 Å². The summed E-state index contributed by atoms with van der Waals surface area (Å²) < 4.78 is 24.6. The molecule has 13 heteroatoms. The maximum Gasteiger partial charge on any atom is 0.294 e. The molecule has 1 fully saturated rings. The number of aryl methyl sites for hydroxylation is 1. The number of sulfone groups is 1. The normalized spacial score (nSPS) is 13.8. The van der Waals surface area contributed by atoms with Crippen LogP contribution in [0.1, 0.15) is 36.9 Å². The highest BCUT2D eigenvalue weighted by Gasteiger charge is 2.31. The fourth-order valence-corrected chi connectivity index (χ4v) is 4.32. The van der Waals surface area contributed by atoms with E-state index in [1.54, 1.807) is 6.07 Å². The number of rotatable bonds is 7. The molecule has 1 saturated carbocycles. The number of aromatic hydroxyl groups is 1. The van der Waals surface area contributed by atoms with Gasteiger partial charge < -0.3 is 10.4 Å². The van der Waals surface area contributed by atoms with Crippen molar-refractivity contribution in [2.45, 2.75) is 43.8 Å². The zero-order valence-corrected chi connectivity index (χ0v) is 19.8. The van der Waals surface area contributed by atoms with Gasteiger partial charge in [-0.1, -0.05) is 6.07 Å². The molecule has 0 aliphatic heterocycles. The molecule has 1 aliphatic rings. The Morgan fingerprint density at radius 1 is 1.11 bits per heavy atom. The van der Waals surface area contributed by atoms with Crippen LogP contribution in [0.5, 0.6) is 5.88 Å². The number of hydrogen-bond acceptors (Lipinski definition) is 11. The molecular formula is C22H22N8O4S. The Balaban J connectivity index is 1.50. The van der Waals surface area contributed by atoms with Gasteiger partial charge in [-0.3, -0.25) is 9.36 Å². The Morgan fingerprint density at radius 3 is 2.57 bits per heavy atom. The number of hydrogen-bond donors (Lipinski definition) is 2. The summed E-state index contributed by atoms with van der Waals surface area (Å²) in [6, 6.07) is 3.04. The molecule has 12 nitrogen and oxygen atoms in total. The van der Waals surface area contributed by atoms with Crippen molar-refractivity contribution in [2.24, 2.45) is 0 Å². The lowest BCUT2D eigenvalue weighted by molar-refractivity contribution is 0.452. The second-order valence-electron chi connectivity index (χ2n) is 8.27. The Morgan fingerprint density at radius 2 is 1.91 bits per heavy atom. The monoisotopic (exact) mass is 494 g/mol. The largest absolute Gasteiger partial charge is 0.493 e. The molecular weight excluding hydrogens is 472 g/mol. The van der Waals surface area contributed by atoms with Crippen LogP contribution >= 0.6 is 0 Å². The smallest absolute Gasteiger partial charge is 0.294 e. The first kappa shape index (κ1) is 22.8. The lowest BCUT2D eigenvalue weighted by Crippen LogP contribution is -2.25. The molecule has 5 rings (SSSR count). The highest BCUT2D eigenvalue weighted by Crippen LogP contribution is 2.44. The highest BCUT2D eigenvalue weighted by molar-refractivity contribution is 7.90. The standard InChI is InChI=1S/C22H22N8O4S/c1-3-30-20-14(10-25-18(29-20)16-17(13-5-6-13)26-11-27-21(16)31)28-19(22(30)32)24-9-12-4-7-15(23-8-12)35(2,33)34/h4,7-8,10-11,13H,3,5-6,9H2,1-2H3,(H,24,28)(H,26,27,31). The van der Waals surface area contributed by atoms with Gasteiger partial charge in [0, 0.05) is 31.5 Å². The van der Waals surface area contributed by atoms with Crippen molar-refractivity contribution >= 4 is 26.8 Å². The van der Waals surface area contributed by atoms with Crippen molar-refractivity contribution in [2.75, 3.05) is 11.6 Å². The van der Waals surface area contributed by atoms with E-state index in [1.807, 2.05) is 6.92 Å². The predicted molar refractivity (Wildman–Crippen MR) is 127 cm³/mol. The van der Waals surface area contributed by atoms with Gasteiger partial charge in [-0.25, -0.2) is 38.3 Å². The predicted octanol–water partition coefficient (Wildman–Crippen LogP) is 1.66. The first-order valence-corrected chi connectivity index (χ1v) is 12.9. The van der Waals surface area contributed by atoms with Crippen molar-refractivity contribution in [3.8, 4) is 17.3 Å². The molecule has 0 aromatic carbocycles. The summed E-state index contributed by atoms with van der Waals surface area (Å²) in [6.45, 7) is 2.37. The lowest BCUT2D eigenvalue weighted by atomic mass is 10.1. The van der Waals surface area contributed by atoms with Crippen molar-refractivity contribution in [1.82, 2.24) is 34.5 Å². The fourth-order valence-electron chi connectivity index (χ4n) is 3.76. The number of pyridine rings is 1. The number of anilines is 1. The van der Waals surface area contributed by atoms with Crippen molar-refractivity contribution in [1.29, 1.82) is 0 Å². The van der Waals surface area contributed by atoms with Gasteiger partial charge >= 0.3 is 0 Å². The number of fused-ring (bicyclic) bond motifs is 1. The van der Waals surface area contributed by atoms with E-state index in [4.69, 9.17) is 0 Å². The van der Waals surface area contributed by atoms with E-state index in [0.29, 0.717) is 34.5 Å². The average Bonchev–Trinajstić information content (AvgIpc) is 3.68. The molecule has 0 unspecified atom stereocenters. The summed E-state index contributed by atoms with van der Waals surface area (Å²) >= 11 is 0. The molecule has 0 saturated heterocycles. The second-order valence-corrected chi connectivity index (χ2v) is 10.2. The molecule has 2 N–H and O–H groups in total. The van der Waals surface area contributed by atoms with Crippen LogP contribution in [0.25, 0.3) is 22.6 Å². The van der Waals surface area contributed by atoms with Gasteiger partial charge in [0.1, 0.15) is 17.4 Å². The van der Waals surface area contributed by atoms with Crippen LogP contribution in [0.3, 0.4) is 0 Å². The van der Waals surface area contributed by atoms with Gasteiger partial charge in [-0.05, 0) is 31.4 Å². The summed E-state index contributed by atoms with van der Waals surface area (Å²) in [6.07, 6.45) is 7.29. The molecule has 35 heavy (non-hydrogen) atoms. The molecule has 0 bridgehead atoms. The van der Waals surface area contributed by atoms with E-state index in [1.165, 1.54) is 29.4 Å². The van der Waals surface area contributed by atoms with Crippen LogP contribution in [0.4, 0.5) is 5.82 Å². The highest BCUT2D eigenvalue weighted by atomic mass is 32.2. The van der Waals surface area contributed by atoms with Gasteiger partial charge in [0.25, 0.3) is 5.56 Å². The molecule has 4 aromatic heterocycles. The molecule has 4 aromatic rings. The first-order valence-electron chi connectivity index (χ1n) is 11.0. The third-order valence-electron chi connectivity index (χ3n) is 5.68. The minimum atomic E-state index is -3.39. The SMILES string of the molecule is CCn1c(=O)c(NCc2ccc(S(C)(=O)=O)nc2)nc2cnc(-c3c(O)ncnc3C3CC3)nc21. The number of aromatic nitrogens is 7. The van der Waals surface area contributed by atoms with Crippen LogP contribution in [0, 0.1) is 0 Å². The Hall–Kier alpha value is -4.00. The topological polar surface area (TPSA) is 166 Å². The number of nitrogens with zero attached hydrogens (tertiary/aromatic N) is 7. The van der Waals surface area contributed by atoms with Gasteiger partial charge in [0.05, 0.1) is 11.9 Å². The first-order chi connectivity index (χ1) is 16.8. The van der Waals surface area contributed by atoms with E-state index in [0.717, 1.165) is 19.1 Å². The van der Waals surface area contributed by atoms with Crippen LogP contribution in [0.2, 0.25) is 0 Å². The Bertz CT molecular complexity index is 1600. The zero-order valence-electron chi connectivity index (χ0n) is 19.0. The molecule has 0 amide bonds. The van der Waals surface area contributed by atoms with Gasteiger partial charge in [0.15, 0.2) is 32.2 Å². The zero-order chi connectivity index (χ0) is 24.7. The van der Waals surface area contributed by atoms with E-state index >= 15 is 0 Å². The van der Waals surface area contributed by atoms with Crippen LogP contribution in [-0.2, 0) is 22.9 Å². The summed E-state index contributed by atoms with van der Waals surface area (Å²) in [4.78, 5) is 38.6. The summed E-state index contributed by atoms with van der Waals surface area (Å²) in [7, 11) is -3.39.